The molecule has 0 aliphatic heterocycles. The first-order valence-electron chi connectivity index (χ1n) is 24.9. The minimum Gasteiger partial charge on any atom is -0.314 e. The van der Waals surface area contributed by atoms with Crippen LogP contribution in [0, 0.1) is 41.5 Å². The molecule has 340 valence electrons. The first-order chi connectivity index (χ1) is 34.0. The van der Waals surface area contributed by atoms with Crippen molar-refractivity contribution >= 4 is 82.3 Å². The quantitative estimate of drug-likeness (QED) is 0.140. The average Bonchev–Trinajstić information content (AvgIpc) is 3.37. The highest BCUT2D eigenvalue weighted by atomic mass is 15.2. The number of aryl methyl sites for hydroxylation is 6. The van der Waals surface area contributed by atoms with Gasteiger partial charge in [-0.2, -0.15) is 0 Å². The van der Waals surface area contributed by atoms with Gasteiger partial charge in [0.15, 0.2) is 0 Å². The van der Waals surface area contributed by atoms with Gasteiger partial charge in [-0.3, -0.25) is 0 Å². The molecule has 0 atom stereocenters. The Bertz CT molecular complexity index is 3940. The molecule has 0 saturated carbocycles. The van der Waals surface area contributed by atoms with Crippen molar-refractivity contribution in [2.45, 2.75) is 68.2 Å². The molecule has 0 bridgehead atoms. The van der Waals surface area contributed by atoms with Gasteiger partial charge in [0.1, 0.15) is 0 Å². The summed E-state index contributed by atoms with van der Waals surface area (Å²) in [7, 11) is 0. The third-order valence-corrected chi connectivity index (χ3v) is 15.8. The maximum absolute atomic E-state index is 2.60. The molecular formula is C68H58N2. The number of rotatable bonds is 8. The molecule has 2 heteroatoms. The van der Waals surface area contributed by atoms with Crippen molar-refractivity contribution in [2.24, 2.45) is 0 Å². The summed E-state index contributed by atoms with van der Waals surface area (Å²) < 4.78 is 0. The van der Waals surface area contributed by atoms with Crippen LogP contribution in [0.3, 0.4) is 0 Å². The van der Waals surface area contributed by atoms with Gasteiger partial charge in [-0.25, -0.2) is 0 Å². The van der Waals surface area contributed by atoms with Gasteiger partial charge in [-0.1, -0.05) is 126 Å². The predicted molar refractivity (Wildman–Crippen MR) is 303 cm³/mol. The maximum Gasteiger partial charge on any atom is 0.0546 e. The number of allylic oxidation sites excluding steroid dienone is 4. The second kappa shape index (κ2) is 16.9. The average molecular weight is 903 g/mol. The second-order valence-corrected chi connectivity index (χ2v) is 20.2. The minimum atomic E-state index is 0.959. The van der Waals surface area contributed by atoms with Gasteiger partial charge >= 0.3 is 0 Å². The highest BCUT2D eigenvalue weighted by Gasteiger charge is 2.27. The van der Waals surface area contributed by atoms with E-state index in [1.807, 2.05) is 0 Å². The third-order valence-electron chi connectivity index (χ3n) is 15.8. The Morgan fingerprint density at radius 1 is 0.329 bits per heavy atom. The topological polar surface area (TPSA) is 6.48 Å². The molecule has 0 aromatic heterocycles. The van der Waals surface area contributed by atoms with Crippen LogP contribution in [0.5, 0.6) is 0 Å². The lowest BCUT2D eigenvalue weighted by molar-refractivity contribution is 0.859. The molecule has 1 aliphatic carbocycles. The zero-order chi connectivity index (χ0) is 47.9. The standard InChI is InChI=1S/C68H58N2/c1-41-17-25-55(33-45(41)5)69(56-26-18-42(2)46(6)34-56)65-39-63(53-23-21-49-13-9-11-15-51(49)37-53)59-30-32-62-66(70(57-27-19-43(3)47(7)35-57)58-28-20-44(4)48(8)36-58)40-64(60-29-31-61(65)67(59)68(60)62)54-24-22-50-14-10-12-16-52(50)38-54/h9-19,21-27,29-40H,20,28H2,1-8H3. The number of nitrogens with zero attached hydrogens (tertiary/aromatic N) is 2. The molecule has 0 saturated heterocycles. The predicted octanol–water partition coefficient (Wildman–Crippen LogP) is 19.7. The van der Waals surface area contributed by atoms with E-state index < -0.39 is 0 Å². The molecule has 11 aromatic carbocycles. The van der Waals surface area contributed by atoms with E-state index in [4.69, 9.17) is 0 Å². The summed E-state index contributed by atoms with van der Waals surface area (Å²) in [5, 5.41) is 12.5. The molecule has 0 fully saturated rings. The molecule has 11 aromatic rings. The third kappa shape index (κ3) is 7.24. The number of anilines is 5. The molecule has 70 heavy (non-hydrogen) atoms. The Kier molecular flexibility index (Phi) is 10.5. The highest BCUT2D eigenvalue weighted by Crippen LogP contribution is 2.52. The van der Waals surface area contributed by atoms with Crippen LogP contribution in [0.2, 0.25) is 0 Å². The van der Waals surface area contributed by atoms with Crippen molar-refractivity contribution in [3.8, 4) is 22.3 Å². The summed E-state index contributed by atoms with van der Waals surface area (Å²) >= 11 is 0. The molecule has 0 spiro atoms. The summed E-state index contributed by atoms with van der Waals surface area (Å²) in [5.74, 6) is 0. The van der Waals surface area contributed by atoms with E-state index in [-0.39, 0.29) is 0 Å². The number of hydrogen-bond acceptors (Lipinski definition) is 2. The van der Waals surface area contributed by atoms with Gasteiger partial charge in [0, 0.05) is 44.3 Å². The van der Waals surface area contributed by atoms with Crippen molar-refractivity contribution in [1.82, 2.24) is 0 Å². The molecule has 2 nitrogen and oxygen atoms in total. The van der Waals surface area contributed by atoms with Crippen molar-refractivity contribution in [3.63, 3.8) is 0 Å². The second-order valence-electron chi connectivity index (χ2n) is 20.2. The zero-order valence-electron chi connectivity index (χ0n) is 41.6. The smallest absolute Gasteiger partial charge is 0.0546 e. The van der Waals surface area contributed by atoms with Crippen LogP contribution in [-0.2, 0) is 0 Å². The molecule has 0 unspecified atom stereocenters. The number of fused-ring (bicyclic) bond motifs is 2. The van der Waals surface area contributed by atoms with Crippen LogP contribution in [0.25, 0.3) is 76.1 Å². The van der Waals surface area contributed by atoms with E-state index >= 15 is 0 Å². The summed E-state index contributed by atoms with van der Waals surface area (Å²) in [4.78, 5) is 5.12. The van der Waals surface area contributed by atoms with Crippen molar-refractivity contribution in [2.75, 3.05) is 9.80 Å². The number of benzene rings is 11. The van der Waals surface area contributed by atoms with Crippen LogP contribution >= 0.6 is 0 Å². The fraction of sp³-hybridized carbons (Fsp3) is 0.147. The monoisotopic (exact) mass is 902 g/mol. The van der Waals surface area contributed by atoms with Gasteiger partial charge < -0.3 is 9.80 Å². The lowest BCUT2D eigenvalue weighted by Crippen LogP contribution is -2.19. The number of hydrogen-bond donors (Lipinski definition) is 0. The Morgan fingerprint density at radius 2 is 0.743 bits per heavy atom. The lowest BCUT2D eigenvalue weighted by Gasteiger charge is -2.33. The molecule has 12 rings (SSSR count). The molecule has 1 aliphatic rings. The van der Waals surface area contributed by atoms with Gasteiger partial charge in [-0.05, 0) is 223 Å². The lowest BCUT2D eigenvalue weighted by atomic mass is 9.84. The Balaban J connectivity index is 1.26. The van der Waals surface area contributed by atoms with E-state index in [0.717, 1.165) is 29.9 Å². The van der Waals surface area contributed by atoms with Crippen molar-refractivity contribution < 1.29 is 0 Å². The Labute approximate surface area is 412 Å². The molecule has 0 amide bonds. The fourth-order valence-electron chi connectivity index (χ4n) is 11.1. The van der Waals surface area contributed by atoms with Crippen LogP contribution in [0.1, 0.15) is 60.1 Å². The first-order valence-corrected chi connectivity index (χ1v) is 24.9. The Morgan fingerprint density at radius 3 is 1.19 bits per heavy atom. The van der Waals surface area contributed by atoms with Gasteiger partial charge in [0.2, 0.25) is 0 Å². The summed E-state index contributed by atoms with van der Waals surface area (Å²) in [6.45, 7) is 17.9. The van der Waals surface area contributed by atoms with Crippen LogP contribution < -0.4 is 9.80 Å². The SMILES string of the molecule is CC1=C(C)CCC(N(c2ccc(C)c(C)c2)c2cc(-c3ccc4ccccc4c3)c3ccc4c(N(c5ccc(C)c(C)c5)c5ccc(C)c(C)c5)cc(-c5ccc6ccccc6c5)c5ccc2c3c54)=C1. The highest BCUT2D eigenvalue weighted by molar-refractivity contribution is 6.32. The fourth-order valence-corrected chi connectivity index (χ4v) is 11.1. The molecule has 0 N–H and O–H groups in total. The summed E-state index contributed by atoms with van der Waals surface area (Å²) in [6, 6.07) is 67.2. The molecule has 0 heterocycles. The van der Waals surface area contributed by atoms with Crippen molar-refractivity contribution in [3.05, 3.63) is 232 Å². The van der Waals surface area contributed by atoms with E-state index in [0.29, 0.717) is 0 Å². The van der Waals surface area contributed by atoms with Gasteiger partial charge in [-0.15, -0.1) is 0 Å². The molecular weight excluding hydrogens is 845 g/mol. The molecule has 0 radical (unpaired) electrons. The minimum absolute atomic E-state index is 0.959. The van der Waals surface area contributed by atoms with E-state index in [2.05, 4.69) is 247 Å². The van der Waals surface area contributed by atoms with Crippen LogP contribution in [0.4, 0.5) is 28.4 Å². The Hall–Kier alpha value is -7.94. The van der Waals surface area contributed by atoms with Crippen LogP contribution in [-0.4, -0.2) is 0 Å². The van der Waals surface area contributed by atoms with E-state index in [1.165, 1.54) is 138 Å². The first kappa shape index (κ1) is 43.3. The normalized spacial score (nSPS) is 13.1. The summed E-state index contributed by atoms with van der Waals surface area (Å²) in [5.41, 5.74) is 22.5. The van der Waals surface area contributed by atoms with E-state index in [9.17, 15) is 0 Å². The maximum atomic E-state index is 2.60. The summed E-state index contributed by atoms with van der Waals surface area (Å²) in [6.07, 6.45) is 4.44. The van der Waals surface area contributed by atoms with Crippen molar-refractivity contribution in [1.29, 1.82) is 0 Å². The zero-order valence-corrected chi connectivity index (χ0v) is 41.6. The van der Waals surface area contributed by atoms with Crippen LogP contribution in [0.15, 0.2) is 199 Å². The largest absolute Gasteiger partial charge is 0.314 e. The van der Waals surface area contributed by atoms with Gasteiger partial charge in [0.05, 0.1) is 11.4 Å². The van der Waals surface area contributed by atoms with Gasteiger partial charge in [0.25, 0.3) is 0 Å². The van der Waals surface area contributed by atoms with E-state index in [1.54, 1.807) is 0 Å².